The van der Waals surface area contributed by atoms with E-state index in [0.29, 0.717) is 18.9 Å². The number of rotatable bonds is 8. The van der Waals surface area contributed by atoms with Crippen LogP contribution in [0.15, 0.2) is 0 Å². The molecule has 3 amide bonds. The summed E-state index contributed by atoms with van der Waals surface area (Å²) in [6.07, 6.45) is 4.67. The highest BCUT2D eigenvalue weighted by atomic mass is 16.2. The third-order valence-electron chi connectivity index (χ3n) is 3.25. The lowest BCUT2D eigenvalue weighted by molar-refractivity contribution is -0.123. The van der Waals surface area contributed by atoms with Crippen molar-refractivity contribution in [1.82, 2.24) is 10.6 Å². The van der Waals surface area contributed by atoms with Gasteiger partial charge in [0.1, 0.15) is 6.04 Å². The molecule has 6 heteroatoms. The summed E-state index contributed by atoms with van der Waals surface area (Å²) in [6, 6.07) is -1.19. The Morgan fingerprint density at radius 2 is 2.00 bits per heavy atom. The fraction of sp³-hybridized carbons (Fsp3) is 0.833. The number of nitrogens with two attached hydrogens (primary N) is 2. The maximum atomic E-state index is 12.0. The van der Waals surface area contributed by atoms with E-state index in [-0.39, 0.29) is 11.9 Å². The van der Waals surface area contributed by atoms with Crippen LogP contribution in [0, 0.1) is 5.92 Å². The summed E-state index contributed by atoms with van der Waals surface area (Å²) in [5.74, 6) is 0.323. The lowest BCUT2D eigenvalue weighted by atomic mass is 10.1. The summed E-state index contributed by atoms with van der Waals surface area (Å²) in [6.45, 7) is 2.47. The minimum atomic E-state index is -0.665. The molecule has 104 valence electrons. The number of hydrogen-bond donors (Lipinski definition) is 4. The van der Waals surface area contributed by atoms with Crippen molar-refractivity contribution in [2.75, 3.05) is 6.54 Å². The molecule has 1 aliphatic carbocycles. The average molecular weight is 256 g/mol. The van der Waals surface area contributed by atoms with Crippen LogP contribution in [0.4, 0.5) is 4.79 Å². The molecular weight excluding hydrogens is 232 g/mol. The summed E-state index contributed by atoms with van der Waals surface area (Å²) < 4.78 is 0. The molecule has 0 heterocycles. The van der Waals surface area contributed by atoms with Crippen molar-refractivity contribution < 1.29 is 9.59 Å². The molecule has 2 unspecified atom stereocenters. The summed E-state index contributed by atoms with van der Waals surface area (Å²) in [5.41, 5.74) is 10.7. The summed E-state index contributed by atoms with van der Waals surface area (Å²) in [5, 5.41) is 5.40. The van der Waals surface area contributed by atoms with Crippen LogP contribution in [0.2, 0.25) is 0 Å². The molecule has 0 spiro atoms. The Hall–Kier alpha value is -1.30. The summed E-state index contributed by atoms with van der Waals surface area (Å²) in [4.78, 5) is 22.9. The Morgan fingerprint density at radius 1 is 1.33 bits per heavy atom. The highest BCUT2D eigenvalue weighted by Gasteiger charge is 2.32. The average Bonchev–Trinajstić information content (AvgIpc) is 3.14. The van der Waals surface area contributed by atoms with Crippen molar-refractivity contribution in [2.24, 2.45) is 17.4 Å². The zero-order chi connectivity index (χ0) is 13.5. The standard InChI is InChI=1S/C12H24N4O2/c1-2-3-4-9(16-12(14)18)11(17)15-10(7-13)8-5-6-8/h8-10H,2-7,13H2,1H3,(H,15,17)(H3,14,16,18). The quantitative estimate of drug-likeness (QED) is 0.493. The van der Waals surface area contributed by atoms with Gasteiger partial charge in [-0.15, -0.1) is 0 Å². The van der Waals surface area contributed by atoms with Crippen LogP contribution in [0.5, 0.6) is 0 Å². The highest BCUT2D eigenvalue weighted by Crippen LogP contribution is 2.32. The van der Waals surface area contributed by atoms with Crippen LogP contribution in [-0.2, 0) is 4.79 Å². The molecule has 0 aliphatic heterocycles. The molecule has 1 fully saturated rings. The van der Waals surface area contributed by atoms with Crippen molar-refractivity contribution in [3.8, 4) is 0 Å². The van der Waals surface area contributed by atoms with Crippen molar-refractivity contribution in [3.05, 3.63) is 0 Å². The first-order chi connectivity index (χ1) is 8.58. The molecule has 0 radical (unpaired) electrons. The van der Waals surface area contributed by atoms with Gasteiger partial charge in [-0.25, -0.2) is 4.79 Å². The molecule has 6 nitrogen and oxygen atoms in total. The molecular formula is C12H24N4O2. The molecule has 1 rings (SSSR count). The summed E-state index contributed by atoms with van der Waals surface area (Å²) >= 11 is 0. The van der Waals surface area contributed by atoms with Crippen LogP contribution >= 0.6 is 0 Å². The monoisotopic (exact) mass is 256 g/mol. The van der Waals surface area contributed by atoms with Crippen LogP contribution in [0.25, 0.3) is 0 Å². The van der Waals surface area contributed by atoms with Crippen LogP contribution < -0.4 is 22.1 Å². The highest BCUT2D eigenvalue weighted by molar-refractivity contribution is 5.86. The lowest BCUT2D eigenvalue weighted by Crippen LogP contribution is -2.52. The zero-order valence-corrected chi connectivity index (χ0v) is 10.9. The van der Waals surface area contributed by atoms with E-state index in [1.165, 1.54) is 0 Å². The first kappa shape index (κ1) is 14.8. The fourth-order valence-corrected chi connectivity index (χ4v) is 2.00. The van der Waals surface area contributed by atoms with Crippen LogP contribution in [0.3, 0.4) is 0 Å². The second-order valence-electron chi connectivity index (χ2n) is 4.89. The van der Waals surface area contributed by atoms with Gasteiger partial charge in [0.15, 0.2) is 0 Å². The molecule has 18 heavy (non-hydrogen) atoms. The zero-order valence-electron chi connectivity index (χ0n) is 10.9. The van der Waals surface area contributed by atoms with Crippen LogP contribution in [0.1, 0.15) is 39.0 Å². The van der Waals surface area contributed by atoms with Gasteiger partial charge >= 0.3 is 6.03 Å². The number of primary amides is 1. The molecule has 0 aromatic rings. The van der Waals surface area contributed by atoms with Gasteiger partial charge in [0.25, 0.3) is 0 Å². The van der Waals surface area contributed by atoms with Crippen molar-refractivity contribution in [2.45, 2.75) is 51.1 Å². The van der Waals surface area contributed by atoms with E-state index < -0.39 is 12.1 Å². The Kier molecular flexibility index (Phi) is 5.91. The number of urea groups is 1. The van der Waals surface area contributed by atoms with Gasteiger partial charge < -0.3 is 22.1 Å². The molecule has 1 aliphatic rings. The van der Waals surface area contributed by atoms with Crippen molar-refractivity contribution in [1.29, 1.82) is 0 Å². The molecule has 1 saturated carbocycles. The van der Waals surface area contributed by atoms with Gasteiger partial charge in [-0.1, -0.05) is 19.8 Å². The van der Waals surface area contributed by atoms with Gasteiger partial charge in [0.05, 0.1) is 0 Å². The van der Waals surface area contributed by atoms with Gasteiger partial charge in [-0.2, -0.15) is 0 Å². The number of carbonyl (C=O) groups is 2. The van der Waals surface area contributed by atoms with Crippen LogP contribution in [-0.4, -0.2) is 30.6 Å². The molecule has 6 N–H and O–H groups in total. The fourth-order valence-electron chi connectivity index (χ4n) is 2.00. The first-order valence-electron chi connectivity index (χ1n) is 6.64. The van der Waals surface area contributed by atoms with Gasteiger partial charge in [0.2, 0.25) is 5.91 Å². The van der Waals surface area contributed by atoms with E-state index in [4.69, 9.17) is 11.5 Å². The third kappa shape index (κ3) is 4.91. The summed E-state index contributed by atoms with van der Waals surface area (Å²) in [7, 11) is 0. The Labute approximate surface area is 108 Å². The maximum Gasteiger partial charge on any atom is 0.312 e. The molecule has 0 aromatic carbocycles. The number of carbonyl (C=O) groups excluding carboxylic acids is 2. The number of nitrogens with one attached hydrogen (secondary N) is 2. The normalized spacial score (nSPS) is 17.9. The Morgan fingerprint density at radius 3 is 2.44 bits per heavy atom. The number of amides is 3. The van der Waals surface area contributed by atoms with E-state index >= 15 is 0 Å². The van der Waals surface area contributed by atoms with E-state index in [0.717, 1.165) is 25.7 Å². The Balaban J connectivity index is 2.47. The molecule has 0 aromatic heterocycles. The number of unbranched alkanes of at least 4 members (excludes halogenated alkanes) is 1. The minimum absolute atomic E-state index is 0.0244. The van der Waals surface area contributed by atoms with Crippen molar-refractivity contribution >= 4 is 11.9 Å². The third-order valence-corrected chi connectivity index (χ3v) is 3.25. The van der Waals surface area contributed by atoms with Gasteiger partial charge in [-0.05, 0) is 25.2 Å². The Bertz CT molecular complexity index is 292. The second-order valence-corrected chi connectivity index (χ2v) is 4.89. The topological polar surface area (TPSA) is 110 Å². The molecule has 0 saturated heterocycles. The molecule has 2 atom stereocenters. The molecule has 0 bridgehead atoms. The smallest absolute Gasteiger partial charge is 0.312 e. The first-order valence-corrected chi connectivity index (χ1v) is 6.64. The van der Waals surface area contributed by atoms with E-state index in [1.54, 1.807) is 0 Å². The van der Waals surface area contributed by atoms with E-state index in [9.17, 15) is 9.59 Å². The second kappa shape index (κ2) is 7.20. The van der Waals surface area contributed by atoms with E-state index in [2.05, 4.69) is 10.6 Å². The van der Waals surface area contributed by atoms with E-state index in [1.807, 2.05) is 6.92 Å². The minimum Gasteiger partial charge on any atom is -0.352 e. The van der Waals surface area contributed by atoms with Gasteiger partial charge in [-0.3, -0.25) is 4.79 Å². The lowest BCUT2D eigenvalue weighted by Gasteiger charge is -2.21. The predicted molar refractivity (Wildman–Crippen MR) is 69.7 cm³/mol. The SMILES string of the molecule is CCCCC(NC(N)=O)C(=O)NC(CN)C1CC1. The van der Waals surface area contributed by atoms with Gasteiger partial charge in [0, 0.05) is 12.6 Å². The predicted octanol–water partition coefficient (Wildman–Crippen LogP) is 0.0670. The largest absolute Gasteiger partial charge is 0.352 e. The maximum absolute atomic E-state index is 12.0. The van der Waals surface area contributed by atoms with Crippen molar-refractivity contribution in [3.63, 3.8) is 0 Å². The number of hydrogen-bond acceptors (Lipinski definition) is 3.